The Bertz CT molecular complexity index is 919. The molecule has 0 spiro atoms. The molecule has 0 bridgehead atoms. The molecule has 0 N–H and O–H groups in total. The molecule has 29 heavy (non-hydrogen) atoms. The molecule has 2 heterocycles. The Hall–Kier alpha value is -2.99. The molecule has 0 saturated carbocycles. The summed E-state index contributed by atoms with van der Waals surface area (Å²) >= 11 is 0. The van der Waals surface area contributed by atoms with Crippen LogP contribution in [0, 0.1) is 0 Å². The minimum Gasteiger partial charge on any atom is -0.433 e. The van der Waals surface area contributed by atoms with Crippen molar-refractivity contribution in [2.24, 2.45) is 0 Å². The summed E-state index contributed by atoms with van der Waals surface area (Å²) < 4.78 is 13.8. The van der Waals surface area contributed by atoms with E-state index in [0.29, 0.717) is 37.1 Å². The van der Waals surface area contributed by atoms with Crippen molar-refractivity contribution in [3.8, 4) is 0 Å². The molecule has 2 aromatic rings. The van der Waals surface area contributed by atoms with Crippen LogP contribution < -0.4 is 0 Å². The molecule has 2 amide bonds. The standard InChI is InChI=1S/C23H25N2O4/c1-24-19(15-28-2)21(16-9-4-3-5-10-16)29-20(24)13-8-14-25-22(26)17-11-6-7-12-18(17)23(25)27/h3-7,9-12,19,21H,8,13-15H2,1-2H3/q+1/t19-,21-/m0/s1. The first kappa shape index (κ1) is 19.3. The lowest BCUT2D eigenvalue weighted by Gasteiger charge is -2.15. The number of benzene rings is 2. The van der Waals surface area contributed by atoms with Crippen LogP contribution in [0.5, 0.6) is 0 Å². The first-order valence-corrected chi connectivity index (χ1v) is 9.86. The highest BCUT2D eigenvalue weighted by Crippen LogP contribution is 2.30. The van der Waals surface area contributed by atoms with Gasteiger partial charge in [-0.15, -0.1) is 0 Å². The second-order valence-electron chi connectivity index (χ2n) is 7.39. The number of nitrogens with zero attached hydrogens (tertiary/aromatic N) is 2. The maximum atomic E-state index is 12.5. The predicted molar refractivity (Wildman–Crippen MR) is 108 cm³/mol. The Kier molecular flexibility index (Phi) is 5.45. The summed E-state index contributed by atoms with van der Waals surface area (Å²) in [7, 11) is 3.69. The van der Waals surface area contributed by atoms with Gasteiger partial charge in [-0.25, -0.2) is 0 Å². The van der Waals surface area contributed by atoms with Crippen LogP contribution in [0.25, 0.3) is 0 Å². The number of carbonyl (C=O) groups excluding carboxylic acids is 2. The fraction of sp³-hybridized carbons (Fsp3) is 0.348. The maximum absolute atomic E-state index is 12.5. The van der Waals surface area contributed by atoms with Gasteiger partial charge in [-0.3, -0.25) is 14.5 Å². The summed E-state index contributed by atoms with van der Waals surface area (Å²) in [5, 5.41) is 0. The van der Waals surface area contributed by atoms with Crippen molar-refractivity contribution in [2.45, 2.75) is 25.0 Å². The molecule has 0 saturated heterocycles. The Labute approximate surface area is 170 Å². The molecule has 0 radical (unpaired) electrons. The lowest BCUT2D eigenvalue weighted by atomic mass is 10.0. The number of amides is 2. The van der Waals surface area contributed by atoms with E-state index in [-0.39, 0.29) is 24.0 Å². The minimum atomic E-state index is -0.212. The van der Waals surface area contributed by atoms with E-state index >= 15 is 0 Å². The van der Waals surface area contributed by atoms with Gasteiger partial charge in [0, 0.05) is 13.7 Å². The van der Waals surface area contributed by atoms with Gasteiger partial charge in [-0.05, 0) is 24.1 Å². The number of likely N-dealkylation sites (N-methyl/N-ethyl adjacent to an activating group) is 1. The maximum Gasteiger partial charge on any atom is 0.337 e. The Balaban J connectivity index is 1.42. The Morgan fingerprint density at radius 2 is 1.62 bits per heavy atom. The summed E-state index contributed by atoms with van der Waals surface area (Å²) in [6.45, 7) is 0.927. The zero-order chi connectivity index (χ0) is 20.4. The van der Waals surface area contributed by atoms with Crippen molar-refractivity contribution in [1.29, 1.82) is 0 Å². The van der Waals surface area contributed by atoms with Gasteiger partial charge in [-0.1, -0.05) is 42.5 Å². The summed E-state index contributed by atoms with van der Waals surface area (Å²) in [4.78, 5) is 26.4. The van der Waals surface area contributed by atoms with Crippen LogP contribution in [0.15, 0.2) is 54.6 Å². The number of fused-ring (bicyclic) bond motifs is 1. The molecule has 6 heteroatoms. The van der Waals surface area contributed by atoms with Gasteiger partial charge in [0.15, 0.2) is 6.10 Å². The minimum absolute atomic E-state index is 0.0803. The van der Waals surface area contributed by atoms with Crippen molar-refractivity contribution in [1.82, 2.24) is 4.90 Å². The van der Waals surface area contributed by atoms with Crippen LogP contribution in [0.2, 0.25) is 0 Å². The molecular weight excluding hydrogens is 368 g/mol. The van der Waals surface area contributed by atoms with E-state index in [9.17, 15) is 9.59 Å². The van der Waals surface area contributed by atoms with Crippen LogP contribution in [0.4, 0.5) is 0 Å². The van der Waals surface area contributed by atoms with E-state index in [1.165, 1.54) is 4.90 Å². The number of ether oxygens (including phenoxy) is 2. The number of imide groups is 1. The van der Waals surface area contributed by atoms with Gasteiger partial charge in [0.1, 0.15) is 13.7 Å². The van der Waals surface area contributed by atoms with Gasteiger partial charge in [0.2, 0.25) is 6.04 Å². The molecule has 2 atom stereocenters. The Morgan fingerprint density at radius 3 is 2.24 bits per heavy atom. The number of carbonyl (C=O) groups is 2. The van der Waals surface area contributed by atoms with Crippen LogP contribution in [-0.2, 0) is 9.47 Å². The third kappa shape index (κ3) is 3.56. The fourth-order valence-corrected chi connectivity index (χ4v) is 4.07. The molecule has 2 aliphatic heterocycles. The van der Waals surface area contributed by atoms with Crippen molar-refractivity contribution in [2.75, 3.05) is 27.3 Å². The highest BCUT2D eigenvalue weighted by Gasteiger charge is 2.42. The second kappa shape index (κ2) is 8.17. The Morgan fingerprint density at radius 1 is 1.00 bits per heavy atom. The van der Waals surface area contributed by atoms with Crippen LogP contribution in [-0.4, -0.2) is 60.5 Å². The zero-order valence-corrected chi connectivity index (χ0v) is 16.7. The summed E-state index contributed by atoms with van der Waals surface area (Å²) in [6.07, 6.45) is 1.19. The molecule has 4 rings (SSSR count). The number of hydrogen-bond acceptors (Lipinski definition) is 4. The van der Waals surface area contributed by atoms with Crippen LogP contribution in [0.3, 0.4) is 0 Å². The van der Waals surface area contributed by atoms with Gasteiger partial charge in [0.05, 0.1) is 17.5 Å². The highest BCUT2D eigenvalue weighted by molar-refractivity contribution is 6.21. The molecule has 6 nitrogen and oxygen atoms in total. The molecular formula is C23H25N2O4+. The quantitative estimate of drug-likeness (QED) is 0.536. The summed E-state index contributed by atoms with van der Waals surface area (Å²) in [6, 6.07) is 17.2. The summed E-state index contributed by atoms with van der Waals surface area (Å²) in [5.74, 6) is 0.434. The average molecular weight is 393 g/mol. The number of rotatable bonds is 7. The second-order valence-corrected chi connectivity index (χ2v) is 7.39. The predicted octanol–water partition coefficient (Wildman–Crippen LogP) is 2.89. The SMILES string of the molecule is COC[C@H]1[C@H](c2ccccc2)OC(CCCN2C(=O)c3ccccc3C2=O)=[N+]1C. The molecule has 0 aliphatic carbocycles. The van der Waals surface area contributed by atoms with Gasteiger partial charge >= 0.3 is 5.90 Å². The van der Waals surface area contributed by atoms with Crippen LogP contribution in [0.1, 0.15) is 45.2 Å². The molecule has 2 aliphatic rings. The third-order valence-electron chi connectivity index (χ3n) is 5.62. The monoisotopic (exact) mass is 393 g/mol. The number of methoxy groups -OCH3 is 1. The molecule has 0 fully saturated rings. The van der Waals surface area contributed by atoms with Crippen LogP contribution >= 0.6 is 0 Å². The number of hydrogen-bond donors (Lipinski definition) is 0. The summed E-state index contributed by atoms with van der Waals surface area (Å²) in [5.41, 5.74) is 2.09. The van der Waals surface area contributed by atoms with E-state index in [2.05, 4.69) is 16.7 Å². The lowest BCUT2D eigenvalue weighted by Crippen LogP contribution is -2.31. The average Bonchev–Trinajstić information content (AvgIpc) is 3.19. The first-order valence-electron chi connectivity index (χ1n) is 9.86. The molecule has 2 aromatic carbocycles. The van der Waals surface area contributed by atoms with E-state index in [0.717, 1.165) is 11.5 Å². The molecule has 150 valence electrons. The van der Waals surface area contributed by atoms with E-state index in [1.54, 1.807) is 31.4 Å². The van der Waals surface area contributed by atoms with Crippen molar-refractivity contribution in [3.05, 3.63) is 71.3 Å². The normalized spacial score (nSPS) is 21.0. The molecule has 0 unspecified atom stereocenters. The van der Waals surface area contributed by atoms with Gasteiger partial charge < -0.3 is 9.47 Å². The van der Waals surface area contributed by atoms with E-state index < -0.39 is 0 Å². The lowest BCUT2D eigenvalue weighted by molar-refractivity contribution is -0.536. The van der Waals surface area contributed by atoms with Crippen molar-refractivity contribution in [3.63, 3.8) is 0 Å². The first-order chi connectivity index (χ1) is 14.1. The van der Waals surface area contributed by atoms with Gasteiger partial charge in [0.25, 0.3) is 11.8 Å². The zero-order valence-electron chi connectivity index (χ0n) is 16.7. The third-order valence-corrected chi connectivity index (χ3v) is 5.62. The van der Waals surface area contributed by atoms with Crippen molar-refractivity contribution >= 4 is 17.7 Å². The largest absolute Gasteiger partial charge is 0.433 e. The smallest absolute Gasteiger partial charge is 0.337 e. The molecule has 0 aromatic heterocycles. The van der Waals surface area contributed by atoms with Crippen molar-refractivity contribution < 1.29 is 23.6 Å². The van der Waals surface area contributed by atoms with Gasteiger partial charge in [-0.2, -0.15) is 4.58 Å². The highest BCUT2D eigenvalue weighted by atomic mass is 16.5. The van der Waals surface area contributed by atoms with E-state index in [4.69, 9.17) is 9.47 Å². The fourth-order valence-electron chi connectivity index (χ4n) is 4.07. The topological polar surface area (TPSA) is 58.9 Å². The van der Waals surface area contributed by atoms with E-state index in [1.807, 2.05) is 25.2 Å².